The maximum absolute atomic E-state index is 11.8. The molecule has 0 radical (unpaired) electrons. The Morgan fingerprint density at radius 3 is 2.33 bits per heavy atom. The van der Waals surface area contributed by atoms with E-state index < -0.39 is 15.3 Å². The molecule has 0 fully saturated rings. The van der Waals surface area contributed by atoms with E-state index in [2.05, 4.69) is 4.72 Å². The van der Waals surface area contributed by atoms with E-state index in [1.54, 1.807) is 0 Å². The van der Waals surface area contributed by atoms with Crippen LogP contribution in [0, 0.1) is 0 Å². The molecule has 1 aromatic carbocycles. The van der Waals surface area contributed by atoms with Crippen LogP contribution >= 0.6 is 0 Å². The van der Waals surface area contributed by atoms with Gasteiger partial charge in [-0.05, 0) is 19.0 Å². The molecule has 0 aliphatic carbocycles. The first-order valence-electron chi connectivity index (χ1n) is 5.09. The number of hydrogen-bond donors (Lipinski definition) is 1. The van der Waals surface area contributed by atoms with Crippen molar-refractivity contribution in [2.75, 3.05) is 7.05 Å². The highest BCUT2D eigenvalue weighted by Gasteiger charge is 2.24. The summed E-state index contributed by atoms with van der Waals surface area (Å²) >= 11 is 0. The lowest BCUT2D eigenvalue weighted by molar-refractivity contribution is 0.565. The normalized spacial score (nSPS) is 13.7. The minimum absolute atomic E-state index is 0.436. The van der Waals surface area contributed by atoms with Crippen LogP contribution in [0.4, 0.5) is 0 Å². The number of nitrogens with one attached hydrogen (secondary N) is 1. The van der Waals surface area contributed by atoms with Gasteiger partial charge in [0.15, 0.2) is 0 Å². The van der Waals surface area contributed by atoms with Crippen LogP contribution in [0.3, 0.4) is 0 Å². The van der Waals surface area contributed by atoms with Crippen molar-refractivity contribution in [3.8, 4) is 0 Å². The molecule has 3 nitrogen and oxygen atoms in total. The van der Waals surface area contributed by atoms with Gasteiger partial charge in [-0.1, -0.05) is 43.7 Å². The Balaban J connectivity index is 3.04. The van der Waals surface area contributed by atoms with Gasteiger partial charge in [0.25, 0.3) is 0 Å². The Kier molecular flexibility index (Phi) is 4.29. The summed E-state index contributed by atoms with van der Waals surface area (Å²) in [5.74, 6) is 0. The number of benzene rings is 1. The molecule has 0 aromatic heterocycles. The van der Waals surface area contributed by atoms with Crippen molar-refractivity contribution in [1.82, 2.24) is 4.72 Å². The van der Waals surface area contributed by atoms with E-state index in [1.807, 2.05) is 37.3 Å². The molecule has 1 rings (SSSR count). The van der Waals surface area contributed by atoms with Crippen molar-refractivity contribution in [2.24, 2.45) is 0 Å². The van der Waals surface area contributed by atoms with Crippen molar-refractivity contribution in [3.63, 3.8) is 0 Å². The van der Waals surface area contributed by atoms with E-state index in [4.69, 9.17) is 0 Å². The molecular weight excluding hydrogens is 210 g/mol. The van der Waals surface area contributed by atoms with Crippen LogP contribution in [0.1, 0.15) is 30.6 Å². The summed E-state index contributed by atoms with van der Waals surface area (Å²) in [6, 6.07) is 9.33. The molecule has 15 heavy (non-hydrogen) atoms. The van der Waals surface area contributed by atoms with Crippen LogP contribution in [0.15, 0.2) is 30.3 Å². The van der Waals surface area contributed by atoms with Crippen LogP contribution in [0.2, 0.25) is 0 Å². The van der Waals surface area contributed by atoms with Crippen LogP contribution in [0.5, 0.6) is 0 Å². The lowest BCUT2D eigenvalue weighted by atomic mass is 10.1. The highest BCUT2D eigenvalue weighted by molar-refractivity contribution is 7.89. The molecule has 0 saturated heterocycles. The van der Waals surface area contributed by atoms with Crippen LogP contribution in [-0.4, -0.2) is 15.5 Å². The van der Waals surface area contributed by atoms with Gasteiger partial charge in [0.2, 0.25) is 10.0 Å². The van der Waals surface area contributed by atoms with Crippen molar-refractivity contribution in [3.05, 3.63) is 35.9 Å². The zero-order chi connectivity index (χ0) is 11.3. The second-order valence-corrected chi connectivity index (χ2v) is 5.50. The fourth-order valence-corrected chi connectivity index (χ4v) is 2.92. The molecule has 1 N–H and O–H groups in total. The standard InChI is InChI=1S/C11H17NO2S/c1-3-7-11(15(13,14)12-2)10-8-5-4-6-9-10/h4-6,8-9,11-12H,3,7H2,1-2H3. The maximum atomic E-state index is 11.8. The molecule has 4 heteroatoms. The first-order valence-corrected chi connectivity index (χ1v) is 6.63. The van der Waals surface area contributed by atoms with E-state index in [0.717, 1.165) is 12.0 Å². The molecule has 1 aromatic rings. The van der Waals surface area contributed by atoms with Crippen molar-refractivity contribution >= 4 is 10.0 Å². The summed E-state index contributed by atoms with van der Waals surface area (Å²) in [5, 5.41) is -0.436. The third-order valence-corrected chi connectivity index (χ3v) is 4.21. The first kappa shape index (κ1) is 12.2. The highest BCUT2D eigenvalue weighted by atomic mass is 32.2. The summed E-state index contributed by atoms with van der Waals surface area (Å²) in [4.78, 5) is 0. The van der Waals surface area contributed by atoms with E-state index in [0.29, 0.717) is 6.42 Å². The van der Waals surface area contributed by atoms with Gasteiger partial charge in [-0.3, -0.25) is 0 Å². The molecule has 1 unspecified atom stereocenters. The van der Waals surface area contributed by atoms with E-state index in [9.17, 15) is 8.42 Å². The third-order valence-electron chi connectivity index (χ3n) is 2.38. The molecule has 1 atom stereocenters. The predicted molar refractivity (Wildman–Crippen MR) is 62.1 cm³/mol. The second-order valence-electron chi connectivity index (χ2n) is 3.44. The van der Waals surface area contributed by atoms with E-state index in [1.165, 1.54) is 7.05 Å². The Hall–Kier alpha value is -0.870. The van der Waals surface area contributed by atoms with Gasteiger partial charge in [-0.15, -0.1) is 0 Å². The smallest absolute Gasteiger partial charge is 0.218 e. The largest absolute Gasteiger partial charge is 0.218 e. The van der Waals surface area contributed by atoms with E-state index >= 15 is 0 Å². The molecule has 0 aliphatic heterocycles. The Labute approximate surface area is 91.6 Å². The summed E-state index contributed by atoms with van der Waals surface area (Å²) in [5.41, 5.74) is 0.855. The minimum Gasteiger partial charge on any atom is -0.218 e. The molecule has 0 aliphatic rings. The Morgan fingerprint density at radius 1 is 1.27 bits per heavy atom. The quantitative estimate of drug-likeness (QED) is 0.837. The average molecular weight is 227 g/mol. The van der Waals surface area contributed by atoms with Crippen LogP contribution in [0.25, 0.3) is 0 Å². The van der Waals surface area contributed by atoms with Gasteiger partial charge < -0.3 is 0 Å². The first-order chi connectivity index (χ1) is 7.11. The molecule has 0 heterocycles. The number of sulfonamides is 1. The lowest BCUT2D eigenvalue weighted by Crippen LogP contribution is -2.25. The monoisotopic (exact) mass is 227 g/mol. The number of rotatable bonds is 5. The minimum atomic E-state index is -3.23. The zero-order valence-electron chi connectivity index (χ0n) is 9.10. The summed E-state index contributed by atoms with van der Waals surface area (Å²) < 4.78 is 26.0. The Morgan fingerprint density at radius 2 is 1.87 bits per heavy atom. The Bertz CT molecular complexity index is 386. The molecule has 0 bridgehead atoms. The van der Waals surface area contributed by atoms with Crippen LogP contribution in [-0.2, 0) is 10.0 Å². The maximum Gasteiger partial charge on any atom is 0.218 e. The van der Waals surface area contributed by atoms with Gasteiger partial charge in [0.05, 0.1) is 0 Å². The molecule has 0 spiro atoms. The van der Waals surface area contributed by atoms with E-state index in [-0.39, 0.29) is 0 Å². The van der Waals surface area contributed by atoms with Gasteiger partial charge in [-0.25, -0.2) is 13.1 Å². The van der Waals surface area contributed by atoms with Crippen molar-refractivity contribution < 1.29 is 8.42 Å². The van der Waals surface area contributed by atoms with Gasteiger partial charge in [0, 0.05) is 0 Å². The van der Waals surface area contributed by atoms with Crippen molar-refractivity contribution in [2.45, 2.75) is 25.0 Å². The second kappa shape index (κ2) is 5.28. The molecular formula is C11H17NO2S. The molecule has 0 saturated carbocycles. The summed E-state index contributed by atoms with van der Waals surface area (Å²) in [7, 11) is -1.77. The van der Waals surface area contributed by atoms with Gasteiger partial charge >= 0.3 is 0 Å². The summed E-state index contributed by atoms with van der Waals surface area (Å²) in [6.07, 6.45) is 1.49. The zero-order valence-corrected chi connectivity index (χ0v) is 9.92. The number of hydrogen-bond acceptors (Lipinski definition) is 2. The average Bonchev–Trinajstić information content (AvgIpc) is 2.27. The topological polar surface area (TPSA) is 46.2 Å². The molecule has 0 amide bonds. The highest BCUT2D eigenvalue weighted by Crippen LogP contribution is 2.25. The van der Waals surface area contributed by atoms with Gasteiger partial charge in [0.1, 0.15) is 5.25 Å². The molecule has 84 valence electrons. The van der Waals surface area contributed by atoms with Crippen LogP contribution < -0.4 is 4.72 Å². The third kappa shape index (κ3) is 3.04. The summed E-state index contributed by atoms with van der Waals surface area (Å²) in [6.45, 7) is 1.99. The fraction of sp³-hybridized carbons (Fsp3) is 0.455. The lowest BCUT2D eigenvalue weighted by Gasteiger charge is -2.16. The van der Waals surface area contributed by atoms with Gasteiger partial charge in [-0.2, -0.15) is 0 Å². The van der Waals surface area contributed by atoms with Crippen molar-refractivity contribution in [1.29, 1.82) is 0 Å². The SMILES string of the molecule is CCCC(c1ccccc1)S(=O)(=O)NC. The fourth-order valence-electron chi connectivity index (χ4n) is 1.57. The predicted octanol–water partition coefficient (Wildman–Crippen LogP) is 2.08.